The topological polar surface area (TPSA) is 132 Å². The number of ether oxygens (including phenoxy) is 3. The fourth-order valence-corrected chi connectivity index (χ4v) is 4.01. The van der Waals surface area contributed by atoms with Crippen LogP contribution in [0, 0.1) is 0 Å². The van der Waals surface area contributed by atoms with Crippen molar-refractivity contribution >= 4 is 34.7 Å². The molecular weight excluding hydrogens is 464 g/mol. The number of nitrogens with zero attached hydrogens (tertiary/aromatic N) is 4. The number of nitrogen functional groups attached to an aromatic ring is 1. The van der Waals surface area contributed by atoms with Gasteiger partial charge in [-0.05, 0) is 18.6 Å². The van der Waals surface area contributed by atoms with Gasteiger partial charge in [-0.25, -0.2) is 9.78 Å². The minimum atomic E-state index is -0.713. The van der Waals surface area contributed by atoms with Gasteiger partial charge in [0.05, 0.1) is 19.7 Å². The fraction of sp³-hybridized carbons (Fsp3) is 0.360. The number of alkyl carbamates (subject to hydrolysis) is 1. The maximum Gasteiger partial charge on any atom is 0.408 e. The largest absolute Gasteiger partial charge is 0.493 e. The number of aromatic nitrogens is 2. The van der Waals surface area contributed by atoms with Crippen LogP contribution in [-0.4, -0.2) is 73.3 Å². The molecule has 1 aromatic heterocycles. The Bertz CT molecular complexity index is 1230. The molecule has 0 bridgehead atoms. The molecule has 2 aromatic carbocycles. The summed E-state index contributed by atoms with van der Waals surface area (Å²) in [6.45, 7) is 3.74. The van der Waals surface area contributed by atoms with Crippen LogP contribution in [0.25, 0.3) is 10.9 Å². The number of anilines is 2. The highest BCUT2D eigenvalue weighted by molar-refractivity contribution is 5.92. The van der Waals surface area contributed by atoms with E-state index in [2.05, 4.69) is 15.3 Å². The van der Waals surface area contributed by atoms with Crippen LogP contribution < -0.4 is 25.4 Å². The summed E-state index contributed by atoms with van der Waals surface area (Å²) >= 11 is 0. The summed E-state index contributed by atoms with van der Waals surface area (Å²) in [7, 11) is 3.12. The van der Waals surface area contributed by atoms with Crippen molar-refractivity contribution < 1.29 is 23.8 Å². The van der Waals surface area contributed by atoms with Gasteiger partial charge in [0.2, 0.25) is 11.9 Å². The lowest BCUT2D eigenvalue weighted by molar-refractivity contribution is -0.133. The van der Waals surface area contributed by atoms with Crippen LogP contribution in [0.5, 0.6) is 11.5 Å². The van der Waals surface area contributed by atoms with E-state index in [9.17, 15) is 9.59 Å². The molecule has 1 saturated heterocycles. The third kappa shape index (κ3) is 5.51. The summed E-state index contributed by atoms with van der Waals surface area (Å²) in [5.41, 5.74) is 7.72. The number of nitrogens with one attached hydrogen (secondary N) is 1. The Kier molecular flexibility index (Phi) is 7.57. The number of carbonyl (C=O) groups is 2. The predicted molar refractivity (Wildman–Crippen MR) is 135 cm³/mol. The van der Waals surface area contributed by atoms with Gasteiger partial charge in [-0.2, -0.15) is 4.98 Å². The third-order valence-electron chi connectivity index (χ3n) is 6.01. The first-order chi connectivity index (χ1) is 17.4. The van der Waals surface area contributed by atoms with E-state index in [1.54, 1.807) is 38.2 Å². The smallest absolute Gasteiger partial charge is 0.408 e. The zero-order valence-corrected chi connectivity index (χ0v) is 20.6. The molecule has 0 saturated carbocycles. The Hall–Kier alpha value is -4.28. The van der Waals surface area contributed by atoms with E-state index >= 15 is 0 Å². The molecule has 36 heavy (non-hydrogen) atoms. The number of hydrogen-bond donors (Lipinski definition) is 2. The van der Waals surface area contributed by atoms with Crippen LogP contribution in [0.1, 0.15) is 12.5 Å². The maximum absolute atomic E-state index is 12.9. The third-order valence-corrected chi connectivity index (χ3v) is 6.01. The number of benzene rings is 2. The summed E-state index contributed by atoms with van der Waals surface area (Å²) in [4.78, 5) is 37.8. The van der Waals surface area contributed by atoms with Crippen molar-refractivity contribution in [1.82, 2.24) is 20.2 Å². The summed E-state index contributed by atoms with van der Waals surface area (Å²) in [5.74, 6) is 1.73. The molecule has 0 aliphatic carbocycles. The summed E-state index contributed by atoms with van der Waals surface area (Å²) in [6, 6.07) is 12.2. The average molecular weight is 495 g/mol. The van der Waals surface area contributed by atoms with Gasteiger partial charge in [-0.1, -0.05) is 30.3 Å². The van der Waals surface area contributed by atoms with Crippen LogP contribution in [0.4, 0.5) is 16.6 Å². The van der Waals surface area contributed by atoms with Crippen LogP contribution in [-0.2, 0) is 16.1 Å². The molecule has 3 aromatic rings. The van der Waals surface area contributed by atoms with Crippen molar-refractivity contribution in [1.29, 1.82) is 0 Å². The Morgan fingerprint density at radius 1 is 1.03 bits per heavy atom. The molecule has 190 valence electrons. The number of methoxy groups -OCH3 is 2. The second-order valence-corrected chi connectivity index (χ2v) is 8.37. The first-order valence-electron chi connectivity index (χ1n) is 11.6. The van der Waals surface area contributed by atoms with Crippen molar-refractivity contribution in [2.45, 2.75) is 19.6 Å². The van der Waals surface area contributed by atoms with Crippen LogP contribution >= 0.6 is 0 Å². The minimum Gasteiger partial charge on any atom is -0.493 e. The number of piperazine rings is 1. The average Bonchev–Trinajstić information content (AvgIpc) is 2.91. The summed E-state index contributed by atoms with van der Waals surface area (Å²) in [5, 5.41) is 3.28. The minimum absolute atomic E-state index is 0.139. The summed E-state index contributed by atoms with van der Waals surface area (Å²) < 4.78 is 15.9. The standard InChI is InChI=1S/C25H30N6O5/c1-16(27-25(33)36-15-17-7-5-4-6-8-17)23(32)30-9-11-31(12-10-30)24-28-19-14-21(35-3)20(34-2)13-18(19)22(26)29-24/h4-8,13-14,16H,9-12,15H2,1-3H3,(H,27,33)(H2,26,28,29). The van der Waals surface area contributed by atoms with Crippen LogP contribution in [0.15, 0.2) is 42.5 Å². The van der Waals surface area contributed by atoms with Gasteiger partial charge in [-0.3, -0.25) is 4.79 Å². The number of nitrogens with two attached hydrogens (primary N) is 1. The van der Waals surface area contributed by atoms with E-state index in [-0.39, 0.29) is 12.5 Å². The van der Waals surface area contributed by atoms with E-state index in [4.69, 9.17) is 19.9 Å². The zero-order valence-electron chi connectivity index (χ0n) is 20.6. The molecule has 4 rings (SSSR count). The molecular formula is C25H30N6O5. The van der Waals surface area contributed by atoms with Gasteiger partial charge in [0.1, 0.15) is 18.5 Å². The Morgan fingerprint density at radius 3 is 2.36 bits per heavy atom. The molecule has 0 spiro atoms. The molecule has 1 aliphatic rings. The lowest BCUT2D eigenvalue weighted by atomic mass is 10.2. The molecule has 0 radical (unpaired) electrons. The van der Waals surface area contributed by atoms with Gasteiger partial charge in [0.15, 0.2) is 11.5 Å². The van der Waals surface area contributed by atoms with E-state index in [1.807, 2.05) is 35.2 Å². The Balaban J connectivity index is 1.34. The zero-order chi connectivity index (χ0) is 25.7. The number of amides is 2. The molecule has 1 atom stereocenters. The molecule has 11 nitrogen and oxygen atoms in total. The fourth-order valence-electron chi connectivity index (χ4n) is 4.01. The maximum atomic E-state index is 12.9. The first kappa shape index (κ1) is 24.8. The number of fused-ring (bicyclic) bond motifs is 1. The van der Waals surface area contributed by atoms with Crippen LogP contribution in [0.3, 0.4) is 0 Å². The molecule has 2 amide bonds. The van der Waals surface area contributed by atoms with Gasteiger partial charge in [0, 0.05) is 37.6 Å². The predicted octanol–water partition coefficient (Wildman–Crippen LogP) is 2.19. The number of rotatable bonds is 7. The number of hydrogen-bond acceptors (Lipinski definition) is 9. The van der Waals surface area contributed by atoms with E-state index in [0.29, 0.717) is 60.3 Å². The molecule has 3 N–H and O–H groups in total. The number of carbonyl (C=O) groups excluding carboxylic acids is 2. The Labute approximate surface area is 209 Å². The SMILES string of the molecule is COc1cc2nc(N3CCN(C(=O)C(C)NC(=O)OCc4ccccc4)CC3)nc(N)c2cc1OC. The lowest BCUT2D eigenvalue weighted by Gasteiger charge is -2.36. The van der Waals surface area contributed by atoms with Crippen molar-refractivity contribution in [2.24, 2.45) is 0 Å². The second-order valence-electron chi connectivity index (χ2n) is 8.37. The highest BCUT2D eigenvalue weighted by Crippen LogP contribution is 2.34. The van der Waals surface area contributed by atoms with Crippen molar-refractivity contribution in [3.05, 3.63) is 48.0 Å². The van der Waals surface area contributed by atoms with E-state index in [0.717, 1.165) is 5.56 Å². The summed E-state index contributed by atoms with van der Waals surface area (Å²) in [6.07, 6.45) is -0.634. The molecule has 2 heterocycles. The van der Waals surface area contributed by atoms with Gasteiger partial charge >= 0.3 is 6.09 Å². The quantitative estimate of drug-likeness (QED) is 0.507. The highest BCUT2D eigenvalue weighted by Gasteiger charge is 2.27. The van der Waals surface area contributed by atoms with Gasteiger partial charge in [-0.15, -0.1) is 0 Å². The lowest BCUT2D eigenvalue weighted by Crippen LogP contribution is -2.54. The van der Waals surface area contributed by atoms with Crippen molar-refractivity contribution in [3.63, 3.8) is 0 Å². The van der Waals surface area contributed by atoms with Crippen molar-refractivity contribution in [2.75, 3.05) is 51.0 Å². The Morgan fingerprint density at radius 2 is 1.69 bits per heavy atom. The van der Waals surface area contributed by atoms with E-state index < -0.39 is 12.1 Å². The van der Waals surface area contributed by atoms with Gasteiger partial charge < -0.3 is 35.1 Å². The van der Waals surface area contributed by atoms with Crippen LogP contribution in [0.2, 0.25) is 0 Å². The second kappa shape index (κ2) is 11.0. The normalized spacial score (nSPS) is 14.3. The molecule has 11 heteroatoms. The monoisotopic (exact) mass is 494 g/mol. The van der Waals surface area contributed by atoms with Crippen molar-refractivity contribution in [3.8, 4) is 11.5 Å². The van der Waals surface area contributed by atoms with Gasteiger partial charge in [0.25, 0.3) is 0 Å². The molecule has 1 unspecified atom stereocenters. The molecule has 1 aliphatic heterocycles. The highest BCUT2D eigenvalue weighted by atomic mass is 16.5. The van der Waals surface area contributed by atoms with E-state index in [1.165, 1.54) is 0 Å². The first-order valence-corrected chi connectivity index (χ1v) is 11.6. The molecule has 1 fully saturated rings.